The molecule has 1 atom stereocenters. The second-order valence-corrected chi connectivity index (χ2v) is 9.48. The van der Waals surface area contributed by atoms with E-state index in [9.17, 15) is 9.59 Å². The number of rotatable bonds is 9. The Morgan fingerprint density at radius 1 is 1.21 bits per heavy atom. The first kappa shape index (κ1) is 21.6. The van der Waals surface area contributed by atoms with Crippen LogP contribution in [0.15, 0.2) is 51.7 Å². The van der Waals surface area contributed by atoms with Gasteiger partial charge in [0.25, 0.3) is 5.56 Å². The molecule has 154 valence electrons. The summed E-state index contributed by atoms with van der Waals surface area (Å²) in [5.74, 6) is 0.528. The van der Waals surface area contributed by atoms with E-state index in [1.807, 2.05) is 36.6 Å². The lowest BCUT2D eigenvalue weighted by molar-refractivity contribution is -0.119. The van der Waals surface area contributed by atoms with Gasteiger partial charge in [-0.2, -0.15) is 0 Å². The minimum atomic E-state index is -0.0358. The Bertz CT molecular complexity index is 1010. The topological polar surface area (TPSA) is 64.0 Å². The third kappa shape index (κ3) is 5.93. The van der Waals surface area contributed by atoms with Crippen molar-refractivity contribution in [1.82, 2.24) is 14.9 Å². The number of benzene rings is 1. The van der Waals surface area contributed by atoms with Gasteiger partial charge in [0.15, 0.2) is 5.16 Å². The average molecular weight is 430 g/mol. The van der Waals surface area contributed by atoms with Crippen molar-refractivity contribution >= 4 is 39.2 Å². The molecule has 1 amide bonds. The summed E-state index contributed by atoms with van der Waals surface area (Å²) < 4.78 is 2.38. The highest BCUT2D eigenvalue weighted by atomic mass is 32.2. The molecule has 2 aromatic heterocycles. The van der Waals surface area contributed by atoms with E-state index >= 15 is 0 Å². The number of carbonyl (C=O) groups is 1. The Hall–Kier alpha value is -2.12. The van der Waals surface area contributed by atoms with Crippen LogP contribution in [0.3, 0.4) is 0 Å². The van der Waals surface area contributed by atoms with E-state index in [2.05, 4.69) is 36.3 Å². The Labute approximate surface area is 179 Å². The third-order valence-electron chi connectivity index (χ3n) is 4.53. The smallest absolute Gasteiger partial charge is 0.272 e. The van der Waals surface area contributed by atoms with E-state index in [1.165, 1.54) is 28.7 Å². The molecule has 5 nitrogen and oxygen atoms in total. The SMILES string of the molecule is CC(C)Cn1c(SCC(=O)NC(C)CCc2ccccc2)nc2ccsc2c1=O. The van der Waals surface area contributed by atoms with Crippen LogP contribution in [0.2, 0.25) is 0 Å². The second kappa shape index (κ2) is 10.1. The number of thiophene rings is 1. The number of nitrogens with one attached hydrogen (secondary N) is 1. The summed E-state index contributed by atoms with van der Waals surface area (Å²) in [5.41, 5.74) is 1.96. The fraction of sp³-hybridized carbons (Fsp3) is 0.409. The van der Waals surface area contributed by atoms with Gasteiger partial charge in [0.2, 0.25) is 5.91 Å². The fourth-order valence-corrected chi connectivity index (χ4v) is 4.70. The molecule has 7 heteroatoms. The molecule has 0 radical (unpaired) electrons. The maximum absolute atomic E-state index is 12.8. The van der Waals surface area contributed by atoms with Crippen LogP contribution >= 0.6 is 23.1 Å². The van der Waals surface area contributed by atoms with E-state index in [0.29, 0.717) is 27.8 Å². The van der Waals surface area contributed by atoms with Gasteiger partial charge in [0.1, 0.15) is 4.70 Å². The van der Waals surface area contributed by atoms with Crippen molar-refractivity contribution in [1.29, 1.82) is 0 Å². The van der Waals surface area contributed by atoms with Gasteiger partial charge < -0.3 is 5.32 Å². The van der Waals surface area contributed by atoms with E-state index in [4.69, 9.17) is 0 Å². The van der Waals surface area contributed by atoms with Gasteiger partial charge in [0.05, 0.1) is 11.3 Å². The van der Waals surface area contributed by atoms with Crippen LogP contribution in [0.25, 0.3) is 10.2 Å². The average Bonchev–Trinajstić information content (AvgIpc) is 3.16. The maximum Gasteiger partial charge on any atom is 0.272 e. The van der Waals surface area contributed by atoms with Gasteiger partial charge in [0, 0.05) is 12.6 Å². The third-order valence-corrected chi connectivity index (χ3v) is 6.40. The number of aryl methyl sites for hydroxylation is 1. The molecule has 3 rings (SSSR count). The molecule has 1 aromatic carbocycles. The van der Waals surface area contributed by atoms with E-state index in [-0.39, 0.29) is 23.3 Å². The van der Waals surface area contributed by atoms with Crippen molar-refractivity contribution in [2.24, 2.45) is 5.92 Å². The number of hydrogen-bond donors (Lipinski definition) is 1. The van der Waals surface area contributed by atoms with Crippen LogP contribution in [-0.4, -0.2) is 27.3 Å². The molecule has 0 aliphatic rings. The Balaban J connectivity index is 1.60. The van der Waals surface area contributed by atoms with Crippen LogP contribution < -0.4 is 10.9 Å². The fourth-order valence-electron chi connectivity index (χ4n) is 3.11. The summed E-state index contributed by atoms with van der Waals surface area (Å²) in [6, 6.07) is 12.2. The van der Waals surface area contributed by atoms with Crippen molar-refractivity contribution in [3.8, 4) is 0 Å². The van der Waals surface area contributed by atoms with Crippen molar-refractivity contribution in [2.45, 2.75) is 51.4 Å². The first-order valence-electron chi connectivity index (χ1n) is 9.88. The second-order valence-electron chi connectivity index (χ2n) is 7.62. The van der Waals surface area contributed by atoms with Crippen molar-refractivity contribution in [2.75, 3.05) is 5.75 Å². The molecule has 3 aromatic rings. The highest BCUT2D eigenvalue weighted by molar-refractivity contribution is 7.99. The molecule has 2 heterocycles. The molecule has 0 saturated heterocycles. The molecule has 0 spiro atoms. The zero-order valence-electron chi connectivity index (χ0n) is 17.1. The number of fused-ring (bicyclic) bond motifs is 1. The molecule has 0 bridgehead atoms. The number of thioether (sulfide) groups is 1. The predicted octanol–water partition coefficient (Wildman–Crippen LogP) is 4.34. The molecule has 0 aliphatic heterocycles. The minimum Gasteiger partial charge on any atom is -0.353 e. The molecule has 0 fully saturated rings. The lowest BCUT2D eigenvalue weighted by atomic mass is 10.1. The molecule has 1 unspecified atom stereocenters. The van der Waals surface area contributed by atoms with E-state index in [0.717, 1.165) is 12.8 Å². The highest BCUT2D eigenvalue weighted by Gasteiger charge is 2.16. The maximum atomic E-state index is 12.8. The summed E-state index contributed by atoms with van der Waals surface area (Å²) in [7, 11) is 0. The zero-order chi connectivity index (χ0) is 20.8. The van der Waals surface area contributed by atoms with Crippen LogP contribution in [0.5, 0.6) is 0 Å². The Morgan fingerprint density at radius 3 is 2.69 bits per heavy atom. The first-order chi connectivity index (χ1) is 13.9. The number of hydrogen-bond acceptors (Lipinski definition) is 5. The van der Waals surface area contributed by atoms with E-state index in [1.54, 1.807) is 4.57 Å². The lowest BCUT2D eigenvalue weighted by Gasteiger charge is -2.15. The standard InChI is InChI=1S/C22H27N3O2S2/c1-15(2)13-25-21(27)20-18(11-12-28-20)24-22(25)29-14-19(26)23-16(3)9-10-17-7-5-4-6-8-17/h4-8,11-12,15-16H,9-10,13-14H2,1-3H3,(H,23,26). The minimum absolute atomic E-state index is 0.0159. The summed E-state index contributed by atoms with van der Waals surface area (Å²) in [4.78, 5) is 29.9. The molecule has 0 saturated carbocycles. The zero-order valence-corrected chi connectivity index (χ0v) is 18.7. The van der Waals surface area contributed by atoms with Crippen LogP contribution in [0, 0.1) is 5.92 Å². The first-order valence-corrected chi connectivity index (χ1v) is 11.7. The molecular weight excluding hydrogens is 402 g/mol. The van der Waals surface area contributed by atoms with Crippen LogP contribution in [-0.2, 0) is 17.8 Å². The highest BCUT2D eigenvalue weighted by Crippen LogP contribution is 2.21. The summed E-state index contributed by atoms with van der Waals surface area (Å²) in [5, 5.41) is 5.55. The molecule has 0 aliphatic carbocycles. The van der Waals surface area contributed by atoms with Crippen molar-refractivity contribution in [3.05, 3.63) is 57.7 Å². The van der Waals surface area contributed by atoms with Crippen molar-refractivity contribution < 1.29 is 4.79 Å². The number of nitrogens with zero attached hydrogens (tertiary/aromatic N) is 2. The summed E-state index contributed by atoms with van der Waals surface area (Å²) >= 11 is 2.75. The van der Waals surface area contributed by atoms with Gasteiger partial charge in [-0.05, 0) is 42.7 Å². The van der Waals surface area contributed by atoms with Gasteiger partial charge in [-0.1, -0.05) is 55.9 Å². The van der Waals surface area contributed by atoms with Gasteiger partial charge in [-0.25, -0.2) is 4.98 Å². The Morgan fingerprint density at radius 2 is 1.97 bits per heavy atom. The Kier molecular flexibility index (Phi) is 7.50. The monoisotopic (exact) mass is 429 g/mol. The van der Waals surface area contributed by atoms with Gasteiger partial charge >= 0.3 is 0 Å². The van der Waals surface area contributed by atoms with Gasteiger partial charge in [-0.15, -0.1) is 11.3 Å². The number of aromatic nitrogens is 2. The number of amides is 1. The van der Waals surface area contributed by atoms with Gasteiger partial charge in [-0.3, -0.25) is 14.2 Å². The molecule has 1 N–H and O–H groups in total. The lowest BCUT2D eigenvalue weighted by Crippen LogP contribution is -2.34. The van der Waals surface area contributed by atoms with Crippen molar-refractivity contribution in [3.63, 3.8) is 0 Å². The summed E-state index contributed by atoms with van der Waals surface area (Å²) in [6.07, 6.45) is 1.82. The predicted molar refractivity (Wildman–Crippen MR) is 122 cm³/mol. The van der Waals surface area contributed by atoms with E-state index < -0.39 is 0 Å². The molecule has 29 heavy (non-hydrogen) atoms. The van der Waals surface area contributed by atoms with Crippen LogP contribution in [0.1, 0.15) is 32.8 Å². The quantitative estimate of drug-likeness (QED) is 0.406. The number of carbonyl (C=O) groups excluding carboxylic acids is 1. The largest absolute Gasteiger partial charge is 0.353 e. The molecular formula is C22H27N3O2S2. The summed E-state index contributed by atoms with van der Waals surface area (Å²) in [6.45, 7) is 6.76. The normalized spacial score (nSPS) is 12.4. The van der Waals surface area contributed by atoms with Crippen LogP contribution in [0.4, 0.5) is 0 Å².